The van der Waals surface area contributed by atoms with Gasteiger partial charge in [0.2, 0.25) is 17.8 Å². The lowest BCUT2D eigenvalue weighted by molar-refractivity contribution is -0.121. The Labute approximate surface area is 186 Å². The number of amides is 2. The van der Waals surface area contributed by atoms with E-state index in [1.54, 1.807) is 11.0 Å². The molecule has 2 amide bonds. The normalized spacial score (nSPS) is 17.5. The Bertz CT molecular complexity index is 956. The number of nitrogens with one attached hydrogen (secondary N) is 1. The number of aromatic nitrogens is 3. The number of benzene rings is 1. The summed E-state index contributed by atoms with van der Waals surface area (Å²) >= 11 is 1.38. The van der Waals surface area contributed by atoms with Crippen molar-refractivity contribution in [2.45, 2.75) is 37.7 Å². The highest BCUT2D eigenvalue weighted by molar-refractivity contribution is 8.00. The maximum absolute atomic E-state index is 13.3. The minimum absolute atomic E-state index is 0.0124. The van der Waals surface area contributed by atoms with E-state index in [-0.39, 0.29) is 18.4 Å². The number of ether oxygens (including phenoxy) is 1. The SMILES string of the molecule is CC(C)Cn1c(S[C@H](C)C(=O)N2CC(=O)Nc3ccccc32)nnc1N1CCOCC1. The standard InChI is InChI=1S/C21H28N6O3S/c1-14(2)12-27-20(25-8-10-30-11-9-25)23-24-21(27)31-15(3)19(29)26-13-18(28)22-16-6-4-5-7-17(16)26/h4-7,14-15H,8-13H2,1-3H3,(H,22,28)/t15-/m1/s1. The molecule has 31 heavy (non-hydrogen) atoms. The van der Waals surface area contributed by atoms with Crippen molar-refractivity contribution in [2.75, 3.05) is 48.0 Å². The Balaban J connectivity index is 1.55. The Kier molecular flexibility index (Phi) is 6.47. The molecule has 0 spiro atoms. The summed E-state index contributed by atoms with van der Waals surface area (Å²) in [6.45, 7) is 9.81. The average molecular weight is 445 g/mol. The third kappa shape index (κ3) is 4.69. The van der Waals surface area contributed by atoms with Crippen LogP contribution in [0.4, 0.5) is 17.3 Å². The van der Waals surface area contributed by atoms with E-state index in [1.807, 2.05) is 25.1 Å². The number of hydrogen-bond acceptors (Lipinski definition) is 7. The van der Waals surface area contributed by atoms with Crippen molar-refractivity contribution in [3.05, 3.63) is 24.3 Å². The van der Waals surface area contributed by atoms with Crippen molar-refractivity contribution in [1.29, 1.82) is 0 Å². The van der Waals surface area contributed by atoms with Crippen LogP contribution in [0.25, 0.3) is 0 Å². The predicted octanol–water partition coefficient (Wildman–Crippen LogP) is 2.24. The van der Waals surface area contributed by atoms with Crippen molar-refractivity contribution in [2.24, 2.45) is 5.92 Å². The molecule has 166 valence electrons. The van der Waals surface area contributed by atoms with Crippen LogP contribution in [0.5, 0.6) is 0 Å². The summed E-state index contributed by atoms with van der Waals surface area (Å²) in [6.07, 6.45) is 0. The summed E-state index contributed by atoms with van der Waals surface area (Å²) in [5, 5.41) is 12.0. The maximum atomic E-state index is 13.3. The molecular formula is C21H28N6O3S. The monoisotopic (exact) mass is 444 g/mol. The molecule has 3 heterocycles. The minimum Gasteiger partial charge on any atom is -0.378 e. The zero-order valence-corrected chi connectivity index (χ0v) is 18.9. The molecule has 2 aliphatic rings. The maximum Gasteiger partial charge on any atom is 0.244 e. The molecule has 1 saturated heterocycles. The predicted molar refractivity (Wildman–Crippen MR) is 121 cm³/mol. The van der Waals surface area contributed by atoms with E-state index < -0.39 is 5.25 Å². The molecule has 1 aromatic heterocycles. The van der Waals surface area contributed by atoms with Gasteiger partial charge in [-0.15, -0.1) is 10.2 Å². The topological polar surface area (TPSA) is 92.6 Å². The molecule has 1 N–H and O–H groups in total. The lowest BCUT2D eigenvalue weighted by Crippen LogP contribution is -2.45. The second-order valence-electron chi connectivity index (χ2n) is 8.14. The van der Waals surface area contributed by atoms with Crippen molar-refractivity contribution >= 4 is 40.9 Å². The van der Waals surface area contributed by atoms with Gasteiger partial charge in [0.15, 0.2) is 5.16 Å². The molecule has 2 aromatic rings. The van der Waals surface area contributed by atoms with Crippen LogP contribution in [0.2, 0.25) is 0 Å². The number of carbonyl (C=O) groups is 2. The van der Waals surface area contributed by atoms with Gasteiger partial charge >= 0.3 is 0 Å². The third-order valence-electron chi connectivity index (χ3n) is 5.21. The van der Waals surface area contributed by atoms with Crippen LogP contribution in [-0.2, 0) is 20.9 Å². The smallest absolute Gasteiger partial charge is 0.244 e. The van der Waals surface area contributed by atoms with Gasteiger partial charge in [-0.3, -0.25) is 19.1 Å². The van der Waals surface area contributed by atoms with Crippen molar-refractivity contribution < 1.29 is 14.3 Å². The van der Waals surface area contributed by atoms with Crippen molar-refractivity contribution in [3.63, 3.8) is 0 Å². The molecule has 2 aliphatic heterocycles. The molecule has 1 fully saturated rings. The average Bonchev–Trinajstić information content (AvgIpc) is 3.14. The molecule has 0 aliphatic carbocycles. The number of para-hydroxylation sites is 2. The number of fused-ring (bicyclic) bond motifs is 1. The van der Waals surface area contributed by atoms with E-state index in [0.717, 1.165) is 31.3 Å². The number of thioether (sulfide) groups is 1. The molecule has 10 heteroatoms. The van der Waals surface area contributed by atoms with E-state index >= 15 is 0 Å². The molecule has 4 rings (SSSR count). The minimum atomic E-state index is -0.424. The fourth-order valence-electron chi connectivity index (χ4n) is 3.75. The van der Waals surface area contributed by atoms with E-state index in [0.29, 0.717) is 30.0 Å². The fraction of sp³-hybridized carbons (Fsp3) is 0.524. The first-order chi connectivity index (χ1) is 14.9. The largest absolute Gasteiger partial charge is 0.378 e. The van der Waals surface area contributed by atoms with Gasteiger partial charge < -0.3 is 15.0 Å². The molecule has 0 saturated carbocycles. The highest BCUT2D eigenvalue weighted by Gasteiger charge is 2.31. The van der Waals surface area contributed by atoms with E-state index in [9.17, 15) is 9.59 Å². The van der Waals surface area contributed by atoms with E-state index in [4.69, 9.17) is 4.74 Å². The van der Waals surface area contributed by atoms with Crippen LogP contribution < -0.4 is 15.1 Å². The van der Waals surface area contributed by atoms with Crippen molar-refractivity contribution in [1.82, 2.24) is 14.8 Å². The summed E-state index contributed by atoms with van der Waals surface area (Å²) in [5.74, 6) is 0.904. The van der Waals surface area contributed by atoms with Gasteiger partial charge in [0.05, 0.1) is 29.8 Å². The van der Waals surface area contributed by atoms with Crippen LogP contribution in [0.3, 0.4) is 0 Å². The second kappa shape index (κ2) is 9.27. The molecule has 9 nitrogen and oxygen atoms in total. The molecule has 0 radical (unpaired) electrons. The number of anilines is 3. The summed E-state index contributed by atoms with van der Waals surface area (Å²) in [7, 11) is 0. The number of carbonyl (C=O) groups excluding carboxylic acids is 2. The zero-order valence-electron chi connectivity index (χ0n) is 18.1. The Morgan fingerprint density at radius 1 is 1.19 bits per heavy atom. The Morgan fingerprint density at radius 3 is 2.68 bits per heavy atom. The number of nitrogens with zero attached hydrogens (tertiary/aromatic N) is 5. The zero-order chi connectivity index (χ0) is 22.0. The van der Waals surface area contributed by atoms with Gasteiger partial charge in [-0.05, 0) is 25.0 Å². The molecular weight excluding hydrogens is 416 g/mol. The Morgan fingerprint density at radius 2 is 1.94 bits per heavy atom. The number of morpholine rings is 1. The van der Waals surface area contributed by atoms with Gasteiger partial charge in [0.25, 0.3) is 0 Å². The molecule has 1 atom stereocenters. The summed E-state index contributed by atoms with van der Waals surface area (Å²) in [4.78, 5) is 29.1. The lowest BCUT2D eigenvalue weighted by Gasteiger charge is -2.31. The number of rotatable bonds is 6. The number of hydrogen-bond donors (Lipinski definition) is 1. The van der Waals surface area contributed by atoms with E-state index in [1.165, 1.54) is 11.8 Å². The van der Waals surface area contributed by atoms with Crippen LogP contribution in [0.15, 0.2) is 29.4 Å². The Hall–Kier alpha value is -2.59. The first kappa shape index (κ1) is 21.6. The molecule has 0 bridgehead atoms. The quantitative estimate of drug-likeness (QED) is 0.683. The van der Waals surface area contributed by atoms with Crippen LogP contribution in [-0.4, -0.2) is 64.7 Å². The second-order valence-corrected chi connectivity index (χ2v) is 9.44. The summed E-state index contributed by atoms with van der Waals surface area (Å²) < 4.78 is 7.56. The third-order valence-corrected chi connectivity index (χ3v) is 6.27. The van der Waals surface area contributed by atoms with Crippen LogP contribution >= 0.6 is 11.8 Å². The fourth-order valence-corrected chi connectivity index (χ4v) is 4.66. The van der Waals surface area contributed by atoms with Gasteiger partial charge in [0.1, 0.15) is 6.54 Å². The summed E-state index contributed by atoms with van der Waals surface area (Å²) in [5.41, 5.74) is 1.37. The van der Waals surface area contributed by atoms with Crippen LogP contribution in [0.1, 0.15) is 20.8 Å². The van der Waals surface area contributed by atoms with E-state index in [2.05, 4.69) is 38.8 Å². The van der Waals surface area contributed by atoms with Gasteiger partial charge in [0, 0.05) is 19.6 Å². The first-order valence-corrected chi connectivity index (χ1v) is 11.4. The highest BCUT2D eigenvalue weighted by atomic mass is 32.2. The molecule has 1 aromatic carbocycles. The summed E-state index contributed by atoms with van der Waals surface area (Å²) in [6, 6.07) is 7.36. The highest BCUT2D eigenvalue weighted by Crippen LogP contribution is 2.33. The van der Waals surface area contributed by atoms with Crippen LogP contribution in [0, 0.1) is 5.92 Å². The van der Waals surface area contributed by atoms with Gasteiger partial charge in [-0.2, -0.15) is 0 Å². The van der Waals surface area contributed by atoms with Gasteiger partial charge in [-0.1, -0.05) is 37.7 Å². The first-order valence-electron chi connectivity index (χ1n) is 10.6. The van der Waals surface area contributed by atoms with Gasteiger partial charge in [-0.25, -0.2) is 0 Å². The lowest BCUT2D eigenvalue weighted by atomic mass is 10.2. The molecule has 0 unspecified atom stereocenters. The van der Waals surface area contributed by atoms with Crippen molar-refractivity contribution in [3.8, 4) is 0 Å².